The Kier molecular flexibility index (Phi) is 7.03. The van der Waals surface area contributed by atoms with Crippen molar-refractivity contribution in [2.75, 3.05) is 19.6 Å². The quantitative estimate of drug-likeness (QED) is 0.929. The Hall–Kier alpha value is -1.06. The average Bonchev–Trinajstić information content (AvgIpc) is 2.49. The lowest BCUT2D eigenvalue weighted by Gasteiger charge is -2.34. The molecule has 1 aliphatic rings. The molecule has 1 fully saturated rings. The number of nitrogens with zero attached hydrogens (tertiary/aromatic N) is 1. The Morgan fingerprint density at radius 1 is 1.40 bits per heavy atom. The molecule has 2 N–H and O–H groups in total. The van der Waals surface area contributed by atoms with Crippen LogP contribution >= 0.6 is 12.4 Å². The van der Waals surface area contributed by atoms with Gasteiger partial charge in [-0.1, -0.05) is 37.3 Å². The van der Waals surface area contributed by atoms with Gasteiger partial charge in [0.2, 0.25) is 5.91 Å². The molecule has 1 aromatic rings. The van der Waals surface area contributed by atoms with E-state index in [4.69, 9.17) is 5.73 Å². The molecule has 1 amide bonds. The van der Waals surface area contributed by atoms with E-state index in [9.17, 15) is 4.79 Å². The molecule has 1 heterocycles. The van der Waals surface area contributed by atoms with Crippen LogP contribution in [-0.2, 0) is 4.79 Å². The van der Waals surface area contributed by atoms with Gasteiger partial charge in [0.25, 0.3) is 0 Å². The van der Waals surface area contributed by atoms with Crippen LogP contribution in [0.1, 0.15) is 37.7 Å². The van der Waals surface area contributed by atoms with Crippen LogP contribution < -0.4 is 5.73 Å². The first kappa shape index (κ1) is 17.0. The summed E-state index contributed by atoms with van der Waals surface area (Å²) in [6.07, 6.45) is 3.09. The standard InChI is InChI=1S/C16H24N2O.ClH/c1-2-15(14-8-4-3-5-9-14)16(19)18-10-6-7-13(11-17)12-18;/h3-5,8-9,13,15H,2,6-7,10-12,17H2,1H3;1H. The van der Waals surface area contributed by atoms with Crippen molar-refractivity contribution in [2.45, 2.75) is 32.1 Å². The van der Waals surface area contributed by atoms with Crippen LogP contribution in [0.15, 0.2) is 30.3 Å². The smallest absolute Gasteiger partial charge is 0.230 e. The van der Waals surface area contributed by atoms with Gasteiger partial charge in [-0.3, -0.25) is 4.79 Å². The highest BCUT2D eigenvalue weighted by molar-refractivity contribution is 5.85. The van der Waals surface area contributed by atoms with Crippen molar-refractivity contribution in [1.82, 2.24) is 4.90 Å². The average molecular weight is 297 g/mol. The van der Waals surface area contributed by atoms with E-state index in [-0.39, 0.29) is 24.2 Å². The third-order valence-electron chi connectivity index (χ3n) is 4.07. The topological polar surface area (TPSA) is 46.3 Å². The normalized spacial score (nSPS) is 20.1. The number of halogens is 1. The molecular weight excluding hydrogens is 272 g/mol. The van der Waals surface area contributed by atoms with Gasteiger partial charge in [-0.05, 0) is 37.3 Å². The number of benzene rings is 1. The molecule has 2 rings (SSSR count). The second-order valence-electron chi connectivity index (χ2n) is 5.40. The van der Waals surface area contributed by atoms with Crippen molar-refractivity contribution in [2.24, 2.45) is 11.7 Å². The summed E-state index contributed by atoms with van der Waals surface area (Å²) < 4.78 is 0. The van der Waals surface area contributed by atoms with E-state index in [0.29, 0.717) is 12.5 Å². The van der Waals surface area contributed by atoms with Crippen LogP contribution in [0.25, 0.3) is 0 Å². The van der Waals surface area contributed by atoms with Crippen LogP contribution in [0.3, 0.4) is 0 Å². The molecule has 112 valence electrons. The molecule has 0 aromatic heterocycles. The SMILES string of the molecule is CCC(C(=O)N1CCCC(CN)C1)c1ccccc1.Cl. The maximum Gasteiger partial charge on any atom is 0.230 e. The van der Waals surface area contributed by atoms with Gasteiger partial charge in [0.05, 0.1) is 5.92 Å². The summed E-state index contributed by atoms with van der Waals surface area (Å²) in [7, 11) is 0. The number of carbonyl (C=O) groups is 1. The van der Waals surface area contributed by atoms with Gasteiger partial charge in [0, 0.05) is 13.1 Å². The summed E-state index contributed by atoms with van der Waals surface area (Å²) in [5, 5.41) is 0. The Morgan fingerprint density at radius 2 is 2.10 bits per heavy atom. The third kappa shape index (κ3) is 3.97. The molecule has 3 nitrogen and oxygen atoms in total. The second-order valence-corrected chi connectivity index (χ2v) is 5.40. The number of nitrogens with two attached hydrogens (primary N) is 1. The fourth-order valence-electron chi connectivity index (χ4n) is 2.92. The molecule has 20 heavy (non-hydrogen) atoms. The Balaban J connectivity index is 0.00000200. The van der Waals surface area contributed by atoms with Gasteiger partial charge < -0.3 is 10.6 Å². The number of likely N-dealkylation sites (tertiary alicyclic amines) is 1. The summed E-state index contributed by atoms with van der Waals surface area (Å²) in [4.78, 5) is 14.7. The minimum absolute atomic E-state index is 0. The van der Waals surface area contributed by atoms with Gasteiger partial charge in [-0.2, -0.15) is 0 Å². The number of hydrogen-bond acceptors (Lipinski definition) is 2. The van der Waals surface area contributed by atoms with Gasteiger partial charge in [0.15, 0.2) is 0 Å². The third-order valence-corrected chi connectivity index (χ3v) is 4.07. The van der Waals surface area contributed by atoms with Crippen molar-refractivity contribution in [1.29, 1.82) is 0 Å². The molecule has 0 aliphatic carbocycles. The highest BCUT2D eigenvalue weighted by Gasteiger charge is 2.28. The largest absolute Gasteiger partial charge is 0.342 e. The van der Waals surface area contributed by atoms with Crippen LogP contribution in [0.2, 0.25) is 0 Å². The van der Waals surface area contributed by atoms with Crippen LogP contribution in [-0.4, -0.2) is 30.4 Å². The minimum Gasteiger partial charge on any atom is -0.342 e. The van der Waals surface area contributed by atoms with E-state index >= 15 is 0 Å². The van der Waals surface area contributed by atoms with Crippen LogP contribution in [0.5, 0.6) is 0 Å². The Labute approximate surface area is 127 Å². The first-order valence-electron chi connectivity index (χ1n) is 7.30. The fourth-order valence-corrected chi connectivity index (χ4v) is 2.92. The lowest BCUT2D eigenvalue weighted by atomic mass is 9.92. The highest BCUT2D eigenvalue weighted by atomic mass is 35.5. The van der Waals surface area contributed by atoms with Gasteiger partial charge in [-0.25, -0.2) is 0 Å². The number of carbonyl (C=O) groups excluding carboxylic acids is 1. The molecule has 1 aliphatic heterocycles. The Bertz CT molecular complexity index is 410. The van der Waals surface area contributed by atoms with Gasteiger partial charge >= 0.3 is 0 Å². The first-order valence-corrected chi connectivity index (χ1v) is 7.30. The zero-order valence-electron chi connectivity index (χ0n) is 12.1. The molecule has 2 unspecified atom stereocenters. The van der Waals surface area contributed by atoms with Crippen molar-refractivity contribution in [3.63, 3.8) is 0 Å². The van der Waals surface area contributed by atoms with E-state index < -0.39 is 0 Å². The molecule has 0 spiro atoms. The molecule has 4 heteroatoms. The Morgan fingerprint density at radius 3 is 2.70 bits per heavy atom. The van der Waals surface area contributed by atoms with Crippen LogP contribution in [0, 0.1) is 5.92 Å². The lowest BCUT2D eigenvalue weighted by Crippen LogP contribution is -2.44. The first-order chi connectivity index (χ1) is 9.26. The zero-order chi connectivity index (χ0) is 13.7. The van der Waals surface area contributed by atoms with Crippen molar-refractivity contribution < 1.29 is 4.79 Å². The number of hydrogen-bond donors (Lipinski definition) is 1. The molecule has 0 radical (unpaired) electrons. The van der Waals surface area contributed by atoms with Gasteiger partial charge in [0.1, 0.15) is 0 Å². The van der Waals surface area contributed by atoms with E-state index in [2.05, 4.69) is 19.1 Å². The van der Waals surface area contributed by atoms with Gasteiger partial charge in [-0.15, -0.1) is 12.4 Å². The van der Waals surface area contributed by atoms with E-state index in [1.807, 2.05) is 23.1 Å². The van der Waals surface area contributed by atoms with E-state index in [0.717, 1.165) is 37.9 Å². The number of amides is 1. The molecule has 1 aromatic carbocycles. The molecule has 2 atom stereocenters. The summed E-state index contributed by atoms with van der Waals surface area (Å²) >= 11 is 0. The lowest BCUT2D eigenvalue weighted by molar-refractivity contribution is -0.134. The summed E-state index contributed by atoms with van der Waals surface area (Å²) in [6, 6.07) is 10.1. The molecule has 0 saturated carbocycles. The van der Waals surface area contributed by atoms with E-state index in [1.165, 1.54) is 0 Å². The highest BCUT2D eigenvalue weighted by Crippen LogP contribution is 2.25. The molecule has 1 saturated heterocycles. The predicted octanol–water partition coefficient (Wildman–Crippen LogP) is 2.80. The fraction of sp³-hybridized carbons (Fsp3) is 0.562. The minimum atomic E-state index is -0.00211. The molecular formula is C16H25ClN2O. The zero-order valence-corrected chi connectivity index (χ0v) is 12.9. The van der Waals surface area contributed by atoms with Crippen molar-refractivity contribution >= 4 is 18.3 Å². The molecule has 0 bridgehead atoms. The maximum absolute atomic E-state index is 12.7. The predicted molar refractivity (Wildman–Crippen MR) is 85.1 cm³/mol. The van der Waals surface area contributed by atoms with Crippen molar-refractivity contribution in [3.05, 3.63) is 35.9 Å². The summed E-state index contributed by atoms with van der Waals surface area (Å²) in [6.45, 7) is 4.49. The second kappa shape index (κ2) is 8.28. The monoisotopic (exact) mass is 296 g/mol. The van der Waals surface area contributed by atoms with Crippen LogP contribution in [0.4, 0.5) is 0 Å². The van der Waals surface area contributed by atoms with Crippen molar-refractivity contribution in [3.8, 4) is 0 Å². The number of piperidine rings is 1. The number of rotatable bonds is 4. The maximum atomic E-state index is 12.7. The summed E-state index contributed by atoms with van der Waals surface area (Å²) in [5.41, 5.74) is 6.88. The van der Waals surface area contributed by atoms with E-state index in [1.54, 1.807) is 0 Å². The summed E-state index contributed by atoms with van der Waals surface area (Å²) in [5.74, 6) is 0.746.